The highest BCUT2D eigenvalue weighted by Gasteiger charge is 2.20. The minimum Gasteiger partial charge on any atom is -0.332 e. The Kier molecular flexibility index (Phi) is 5.15. The fraction of sp³-hybridized carbons (Fsp3) is 0.400. The molecule has 0 atom stereocenters. The first-order valence-electron chi connectivity index (χ1n) is 6.86. The molecule has 0 unspecified atom stereocenters. The van der Waals surface area contributed by atoms with E-state index < -0.39 is 5.82 Å². The van der Waals surface area contributed by atoms with Gasteiger partial charge in [-0.2, -0.15) is 0 Å². The third-order valence-electron chi connectivity index (χ3n) is 3.67. The quantitative estimate of drug-likeness (QED) is 0.834. The second-order valence-electron chi connectivity index (χ2n) is 4.90. The van der Waals surface area contributed by atoms with Crippen LogP contribution in [0.15, 0.2) is 24.3 Å². The van der Waals surface area contributed by atoms with Crippen molar-refractivity contribution in [2.24, 2.45) is 0 Å². The number of benzene rings is 1. The monoisotopic (exact) mass is 297 g/mol. The van der Waals surface area contributed by atoms with Crippen molar-refractivity contribution in [3.63, 3.8) is 0 Å². The fourth-order valence-electron chi connectivity index (χ4n) is 2.33. The molecule has 1 fully saturated rings. The average Bonchev–Trinajstić information content (AvgIpc) is 2.46. The Hall–Kier alpha value is -1.39. The molecule has 1 aromatic rings. The van der Waals surface area contributed by atoms with Crippen LogP contribution in [0, 0.1) is 5.82 Å². The van der Waals surface area contributed by atoms with Gasteiger partial charge in [0.2, 0.25) is 5.91 Å². The van der Waals surface area contributed by atoms with Crippen molar-refractivity contribution in [1.82, 2.24) is 4.90 Å². The van der Waals surface area contributed by atoms with E-state index >= 15 is 0 Å². The maximum Gasteiger partial charge on any atom is 0.246 e. The molecule has 1 aromatic carbocycles. The highest BCUT2D eigenvalue weighted by Crippen LogP contribution is 2.20. The molecule has 1 heterocycles. The van der Waals surface area contributed by atoms with Crippen LogP contribution >= 0.6 is 11.6 Å². The number of nitrogens with zero attached hydrogens (tertiary/aromatic N) is 1. The zero-order valence-corrected chi connectivity index (χ0v) is 12.3. The second kappa shape index (κ2) is 6.86. The third kappa shape index (κ3) is 3.58. The summed E-state index contributed by atoms with van der Waals surface area (Å²) in [6, 6.07) is 4.49. The molecule has 1 amide bonds. The van der Waals surface area contributed by atoms with Crippen LogP contribution in [0.25, 0.3) is 6.08 Å². The van der Waals surface area contributed by atoms with Crippen LogP contribution in [-0.4, -0.2) is 43.5 Å². The molecule has 0 radical (unpaired) electrons. The van der Waals surface area contributed by atoms with E-state index in [0.29, 0.717) is 5.02 Å². The minimum atomic E-state index is -0.415. The van der Waals surface area contributed by atoms with Crippen molar-refractivity contribution >= 4 is 23.6 Å². The highest BCUT2D eigenvalue weighted by molar-refractivity contribution is 6.32. The van der Waals surface area contributed by atoms with E-state index in [1.807, 2.05) is 0 Å². The number of amides is 1. The van der Waals surface area contributed by atoms with Gasteiger partial charge in [-0.15, -0.1) is 0 Å². The van der Waals surface area contributed by atoms with Gasteiger partial charge in [0, 0.05) is 11.6 Å². The van der Waals surface area contributed by atoms with Crippen molar-refractivity contribution in [2.45, 2.75) is 6.92 Å². The number of likely N-dealkylation sites (N-methyl/N-ethyl adjacent to an activating group) is 1. The molecule has 1 aliphatic rings. The zero-order chi connectivity index (χ0) is 14.5. The molecule has 1 N–H and O–H groups in total. The summed E-state index contributed by atoms with van der Waals surface area (Å²) in [7, 11) is 0. The number of quaternary nitrogens is 1. The number of carbonyl (C=O) groups is 1. The van der Waals surface area contributed by atoms with E-state index in [0.717, 1.165) is 32.7 Å². The lowest BCUT2D eigenvalue weighted by Crippen LogP contribution is -3.14. The molecule has 2 rings (SSSR count). The van der Waals surface area contributed by atoms with E-state index in [1.54, 1.807) is 17.0 Å². The van der Waals surface area contributed by atoms with Crippen LogP contribution in [0.2, 0.25) is 5.02 Å². The summed E-state index contributed by atoms with van der Waals surface area (Å²) in [5.41, 5.74) is 0.264. The van der Waals surface area contributed by atoms with E-state index in [1.165, 1.54) is 23.1 Å². The first-order valence-corrected chi connectivity index (χ1v) is 7.24. The first kappa shape index (κ1) is 15.0. The Morgan fingerprint density at radius 3 is 2.75 bits per heavy atom. The van der Waals surface area contributed by atoms with Crippen molar-refractivity contribution in [3.8, 4) is 0 Å². The molecule has 20 heavy (non-hydrogen) atoms. The van der Waals surface area contributed by atoms with Crippen LogP contribution < -0.4 is 4.90 Å². The maximum atomic E-state index is 13.6. The molecule has 0 saturated carbocycles. The highest BCUT2D eigenvalue weighted by atomic mass is 35.5. The smallest absolute Gasteiger partial charge is 0.246 e. The summed E-state index contributed by atoms with van der Waals surface area (Å²) in [4.78, 5) is 15.4. The lowest BCUT2D eigenvalue weighted by atomic mass is 10.2. The molecule has 1 saturated heterocycles. The summed E-state index contributed by atoms with van der Waals surface area (Å²) in [5, 5.41) is 0.314. The zero-order valence-electron chi connectivity index (χ0n) is 11.5. The molecular weight excluding hydrogens is 279 g/mol. The number of rotatable bonds is 3. The molecule has 1 aliphatic heterocycles. The molecular formula is C15H19ClFN2O+. The SMILES string of the molecule is CC[NH+]1CCN(C(=O)C=Cc2c(F)cccc2Cl)CC1. The number of piperazine rings is 1. The van der Waals surface area contributed by atoms with Gasteiger partial charge in [0.1, 0.15) is 5.82 Å². The largest absolute Gasteiger partial charge is 0.332 e. The van der Waals surface area contributed by atoms with Crippen molar-refractivity contribution in [3.05, 3.63) is 40.7 Å². The van der Waals surface area contributed by atoms with Gasteiger partial charge < -0.3 is 9.80 Å². The van der Waals surface area contributed by atoms with Gasteiger partial charge in [0.25, 0.3) is 0 Å². The summed E-state index contributed by atoms with van der Waals surface area (Å²) in [6.45, 7) is 6.66. The van der Waals surface area contributed by atoms with E-state index in [9.17, 15) is 9.18 Å². The second-order valence-corrected chi connectivity index (χ2v) is 5.30. The summed E-state index contributed by atoms with van der Waals surface area (Å²) < 4.78 is 13.6. The Balaban J connectivity index is 2.00. The Morgan fingerprint density at radius 1 is 1.45 bits per heavy atom. The molecule has 0 bridgehead atoms. The van der Waals surface area contributed by atoms with Crippen molar-refractivity contribution < 1.29 is 14.1 Å². The van der Waals surface area contributed by atoms with Gasteiger partial charge in [-0.05, 0) is 25.1 Å². The lowest BCUT2D eigenvalue weighted by molar-refractivity contribution is -0.902. The van der Waals surface area contributed by atoms with Gasteiger partial charge in [0.15, 0.2) is 0 Å². The molecule has 0 aliphatic carbocycles. The van der Waals surface area contributed by atoms with E-state index in [2.05, 4.69) is 6.92 Å². The van der Waals surface area contributed by atoms with Crippen LogP contribution in [0.3, 0.4) is 0 Å². The van der Waals surface area contributed by atoms with Crippen LogP contribution in [0.1, 0.15) is 12.5 Å². The lowest BCUT2D eigenvalue weighted by Gasteiger charge is -2.30. The summed E-state index contributed by atoms with van der Waals surface area (Å²) >= 11 is 5.92. The molecule has 3 nitrogen and oxygen atoms in total. The molecule has 0 spiro atoms. The predicted molar refractivity (Wildman–Crippen MR) is 78.3 cm³/mol. The van der Waals surface area contributed by atoms with Gasteiger partial charge in [-0.3, -0.25) is 4.79 Å². The number of carbonyl (C=O) groups excluding carboxylic acids is 1. The predicted octanol–water partition coefficient (Wildman–Crippen LogP) is 1.24. The van der Waals surface area contributed by atoms with Crippen molar-refractivity contribution in [1.29, 1.82) is 0 Å². The van der Waals surface area contributed by atoms with Gasteiger partial charge in [-0.25, -0.2) is 4.39 Å². The molecule has 5 heteroatoms. The number of halogens is 2. The first-order chi connectivity index (χ1) is 9.61. The number of hydrogen-bond donors (Lipinski definition) is 1. The maximum absolute atomic E-state index is 13.6. The third-order valence-corrected chi connectivity index (χ3v) is 4.00. The van der Waals surface area contributed by atoms with Crippen LogP contribution in [0.4, 0.5) is 4.39 Å². The van der Waals surface area contributed by atoms with Crippen LogP contribution in [0.5, 0.6) is 0 Å². The normalized spacial score (nSPS) is 16.9. The van der Waals surface area contributed by atoms with Gasteiger partial charge in [0.05, 0.1) is 37.7 Å². The number of hydrogen-bond acceptors (Lipinski definition) is 1. The Labute approximate surface area is 123 Å². The van der Waals surface area contributed by atoms with Gasteiger partial charge >= 0.3 is 0 Å². The Morgan fingerprint density at radius 2 is 2.15 bits per heavy atom. The standard InChI is InChI=1S/C15H18ClFN2O/c1-2-18-8-10-19(11-9-18)15(20)7-6-12-13(16)4-3-5-14(12)17/h3-7H,2,8-11H2,1H3/p+1. The topological polar surface area (TPSA) is 24.8 Å². The van der Waals surface area contributed by atoms with Crippen molar-refractivity contribution in [2.75, 3.05) is 32.7 Å². The average molecular weight is 298 g/mol. The molecule has 108 valence electrons. The van der Waals surface area contributed by atoms with E-state index in [4.69, 9.17) is 11.6 Å². The molecule has 0 aromatic heterocycles. The van der Waals surface area contributed by atoms with Crippen LogP contribution in [-0.2, 0) is 4.79 Å². The fourth-order valence-corrected chi connectivity index (χ4v) is 2.55. The summed E-state index contributed by atoms with van der Waals surface area (Å²) in [5.74, 6) is -0.499. The minimum absolute atomic E-state index is 0.0838. The van der Waals surface area contributed by atoms with E-state index in [-0.39, 0.29) is 11.5 Å². The summed E-state index contributed by atoms with van der Waals surface area (Å²) in [6.07, 6.45) is 2.86. The number of nitrogens with one attached hydrogen (secondary N) is 1. The van der Waals surface area contributed by atoms with Gasteiger partial charge in [-0.1, -0.05) is 17.7 Å². The Bertz CT molecular complexity index is 490.